The monoisotopic (exact) mass is 284 g/mol. The molecule has 1 aromatic heterocycles. The van der Waals surface area contributed by atoms with Crippen LogP contribution in [-0.4, -0.2) is 23.4 Å². The third kappa shape index (κ3) is 2.75. The van der Waals surface area contributed by atoms with Gasteiger partial charge < -0.3 is 0 Å². The van der Waals surface area contributed by atoms with Crippen LogP contribution in [-0.2, 0) is 10.0 Å². The van der Waals surface area contributed by atoms with E-state index in [9.17, 15) is 13.2 Å². The summed E-state index contributed by atoms with van der Waals surface area (Å²) in [5, 5.41) is 3.05. The quantitative estimate of drug-likeness (QED) is 0.841. The smallest absolute Gasteiger partial charge is 0.265 e. The van der Waals surface area contributed by atoms with Crippen LogP contribution >= 0.6 is 23.2 Å². The van der Waals surface area contributed by atoms with Gasteiger partial charge in [-0.05, 0) is 5.92 Å². The van der Waals surface area contributed by atoms with Gasteiger partial charge in [-0.15, -0.1) is 4.09 Å². The van der Waals surface area contributed by atoms with Gasteiger partial charge in [0.25, 0.3) is 10.0 Å². The molecule has 90 valence electrons. The fourth-order valence-corrected chi connectivity index (χ4v) is 2.91. The summed E-state index contributed by atoms with van der Waals surface area (Å²) in [6.07, 6.45) is 1.03. The number of hydrogen-bond donors (Lipinski definition) is 0. The first-order valence-corrected chi connectivity index (χ1v) is 6.79. The molecule has 0 saturated carbocycles. The van der Waals surface area contributed by atoms with Crippen LogP contribution in [0.25, 0.3) is 0 Å². The van der Waals surface area contributed by atoms with Gasteiger partial charge in [0.1, 0.15) is 5.02 Å². The lowest BCUT2D eigenvalue weighted by molar-refractivity contribution is 0.562. The van der Waals surface area contributed by atoms with Gasteiger partial charge in [0.15, 0.2) is 0 Å². The van der Waals surface area contributed by atoms with Crippen LogP contribution in [0.4, 0.5) is 0 Å². The zero-order valence-electron chi connectivity index (χ0n) is 8.65. The van der Waals surface area contributed by atoms with Crippen molar-refractivity contribution in [2.24, 2.45) is 5.92 Å². The average molecular weight is 285 g/mol. The topological polar surface area (TPSA) is 69.0 Å². The summed E-state index contributed by atoms with van der Waals surface area (Å²) in [5.41, 5.74) is -0.921. The third-order valence-electron chi connectivity index (χ3n) is 1.65. The highest BCUT2D eigenvalue weighted by Crippen LogP contribution is 2.15. The minimum Gasteiger partial charge on any atom is -0.265 e. The van der Waals surface area contributed by atoms with Crippen LogP contribution in [0.5, 0.6) is 0 Å². The molecule has 8 heteroatoms. The first kappa shape index (κ1) is 13.5. The first-order valence-electron chi connectivity index (χ1n) is 4.42. The number of nitrogens with zero attached hydrogens (tertiary/aromatic N) is 2. The molecule has 0 unspecified atom stereocenters. The Hall–Kier alpha value is -0.590. The Labute approximate surface area is 103 Å². The van der Waals surface area contributed by atoms with Gasteiger partial charge in [0.2, 0.25) is 0 Å². The molecule has 0 atom stereocenters. The number of rotatable bonds is 3. The SMILES string of the molecule is CC(C)CS(=O)(=O)n1ncc(Cl)c(Cl)c1=O. The standard InChI is InChI=1S/C8H10Cl2N2O3S/c1-5(2)4-16(14,15)12-8(13)7(10)6(9)3-11-12/h3,5H,4H2,1-2H3. The van der Waals surface area contributed by atoms with Crippen molar-refractivity contribution in [1.29, 1.82) is 0 Å². The van der Waals surface area contributed by atoms with Gasteiger partial charge in [-0.2, -0.15) is 5.10 Å². The van der Waals surface area contributed by atoms with Gasteiger partial charge >= 0.3 is 5.56 Å². The molecule has 0 radical (unpaired) electrons. The normalized spacial score (nSPS) is 12.1. The van der Waals surface area contributed by atoms with E-state index in [0.717, 1.165) is 6.20 Å². The van der Waals surface area contributed by atoms with E-state index in [1.165, 1.54) is 0 Å². The molecule has 5 nitrogen and oxygen atoms in total. The second kappa shape index (κ2) is 4.73. The number of aromatic nitrogens is 2. The fourth-order valence-electron chi connectivity index (χ4n) is 1.09. The van der Waals surface area contributed by atoms with Crippen LogP contribution in [0.1, 0.15) is 13.8 Å². The summed E-state index contributed by atoms with van der Waals surface area (Å²) in [6, 6.07) is 0. The fraction of sp³-hybridized carbons (Fsp3) is 0.500. The Morgan fingerprint density at radius 2 is 2.00 bits per heavy atom. The van der Waals surface area contributed by atoms with Gasteiger partial charge in [-0.1, -0.05) is 37.0 Å². The van der Waals surface area contributed by atoms with Gasteiger partial charge in [0.05, 0.1) is 17.0 Å². The molecule has 1 heterocycles. The molecular weight excluding hydrogens is 275 g/mol. The molecule has 1 aromatic rings. The number of hydrogen-bond acceptors (Lipinski definition) is 4. The zero-order chi connectivity index (χ0) is 12.5. The molecule has 0 aromatic carbocycles. The van der Waals surface area contributed by atoms with Crippen LogP contribution in [0.3, 0.4) is 0 Å². The average Bonchev–Trinajstić information content (AvgIpc) is 2.11. The maximum atomic E-state index is 11.7. The van der Waals surface area contributed by atoms with Gasteiger partial charge in [0, 0.05) is 0 Å². The van der Waals surface area contributed by atoms with Crippen molar-refractivity contribution in [2.75, 3.05) is 5.75 Å². The van der Waals surface area contributed by atoms with Crippen molar-refractivity contribution in [3.8, 4) is 0 Å². The van der Waals surface area contributed by atoms with E-state index in [1.807, 2.05) is 0 Å². The van der Waals surface area contributed by atoms with Crippen molar-refractivity contribution in [3.63, 3.8) is 0 Å². The molecule has 0 amide bonds. The molecule has 0 fully saturated rings. The van der Waals surface area contributed by atoms with Crippen molar-refractivity contribution >= 4 is 33.2 Å². The maximum absolute atomic E-state index is 11.7. The van der Waals surface area contributed by atoms with Crippen LogP contribution in [0.15, 0.2) is 11.0 Å². The highest BCUT2D eigenvalue weighted by atomic mass is 35.5. The summed E-state index contributed by atoms with van der Waals surface area (Å²) >= 11 is 11.1. The predicted octanol–water partition coefficient (Wildman–Crippen LogP) is 1.38. The lowest BCUT2D eigenvalue weighted by Crippen LogP contribution is -2.33. The molecule has 0 bridgehead atoms. The molecule has 16 heavy (non-hydrogen) atoms. The van der Waals surface area contributed by atoms with Crippen molar-refractivity contribution in [3.05, 3.63) is 26.6 Å². The molecule has 0 aliphatic heterocycles. The van der Waals surface area contributed by atoms with Crippen LogP contribution in [0.2, 0.25) is 10.0 Å². The Morgan fingerprint density at radius 1 is 1.44 bits per heavy atom. The second-order valence-electron chi connectivity index (χ2n) is 3.63. The molecule has 0 aliphatic rings. The molecule has 0 N–H and O–H groups in total. The second-order valence-corrected chi connectivity index (χ2v) is 6.26. The maximum Gasteiger partial charge on any atom is 0.301 e. The van der Waals surface area contributed by atoms with Crippen molar-refractivity contribution < 1.29 is 8.42 Å². The van der Waals surface area contributed by atoms with Gasteiger partial charge in [-0.3, -0.25) is 4.79 Å². The summed E-state index contributed by atoms with van der Waals surface area (Å²) in [6.45, 7) is 3.44. The van der Waals surface area contributed by atoms with Crippen molar-refractivity contribution in [2.45, 2.75) is 13.8 Å². The molecule has 0 aliphatic carbocycles. The highest BCUT2D eigenvalue weighted by molar-refractivity contribution is 7.89. The van der Waals surface area contributed by atoms with E-state index < -0.39 is 15.6 Å². The Balaban J connectivity index is 3.36. The molecule has 0 spiro atoms. The van der Waals surface area contributed by atoms with Crippen LogP contribution < -0.4 is 5.56 Å². The Bertz CT molecular complexity index is 551. The molecule has 1 rings (SSSR count). The number of halogens is 2. The third-order valence-corrected chi connectivity index (χ3v) is 4.28. The van der Waals surface area contributed by atoms with E-state index in [-0.39, 0.29) is 21.7 Å². The van der Waals surface area contributed by atoms with E-state index in [0.29, 0.717) is 4.09 Å². The minimum absolute atomic E-state index is 0.0670. The van der Waals surface area contributed by atoms with E-state index in [4.69, 9.17) is 23.2 Å². The van der Waals surface area contributed by atoms with Crippen LogP contribution in [0, 0.1) is 5.92 Å². The van der Waals surface area contributed by atoms with E-state index in [1.54, 1.807) is 13.8 Å². The summed E-state index contributed by atoms with van der Waals surface area (Å²) < 4.78 is 23.8. The van der Waals surface area contributed by atoms with Gasteiger partial charge in [-0.25, -0.2) is 8.42 Å². The lowest BCUT2D eigenvalue weighted by atomic mass is 10.3. The predicted molar refractivity (Wildman–Crippen MR) is 62.5 cm³/mol. The van der Waals surface area contributed by atoms with E-state index in [2.05, 4.69) is 5.10 Å². The Morgan fingerprint density at radius 3 is 2.50 bits per heavy atom. The summed E-state index contributed by atoms with van der Waals surface area (Å²) in [4.78, 5) is 11.5. The molecule has 0 saturated heterocycles. The largest absolute Gasteiger partial charge is 0.301 e. The minimum atomic E-state index is -3.78. The summed E-state index contributed by atoms with van der Waals surface area (Å²) in [7, 11) is -3.78. The summed E-state index contributed by atoms with van der Waals surface area (Å²) in [5.74, 6) is -0.300. The van der Waals surface area contributed by atoms with Crippen molar-refractivity contribution in [1.82, 2.24) is 9.19 Å². The molecular formula is C8H10Cl2N2O3S. The lowest BCUT2D eigenvalue weighted by Gasteiger charge is -2.08. The van der Waals surface area contributed by atoms with E-state index >= 15 is 0 Å². The Kier molecular flexibility index (Phi) is 3.98. The highest BCUT2D eigenvalue weighted by Gasteiger charge is 2.20. The first-order chi connectivity index (χ1) is 7.25. The zero-order valence-corrected chi connectivity index (χ0v) is 11.0.